The molecule has 3 nitrogen and oxygen atoms in total. The molecule has 0 saturated heterocycles. The maximum atomic E-state index is 11.4. The fraction of sp³-hybridized carbons (Fsp3) is 0.533. The van der Waals surface area contributed by atoms with E-state index in [9.17, 15) is 4.79 Å². The largest absolute Gasteiger partial charge is 0.493 e. The lowest BCUT2D eigenvalue weighted by Crippen LogP contribution is -2.15. The summed E-state index contributed by atoms with van der Waals surface area (Å²) in [6.07, 6.45) is 1.54. The van der Waals surface area contributed by atoms with Crippen molar-refractivity contribution in [1.82, 2.24) is 0 Å². The Bertz CT molecular complexity index is 374. The fourth-order valence-corrected chi connectivity index (χ4v) is 1.44. The lowest BCUT2D eigenvalue weighted by Gasteiger charge is -2.10. The fourth-order valence-electron chi connectivity index (χ4n) is 1.44. The molecule has 0 heterocycles. The second-order valence-corrected chi connectivity index (χ2v) is 4.50. The summed E-state index contributed by atoms with van der Waals surface area (Å²) in [6, 6.07) is 7.91. The molecule has 0 aromatic heterocycles. The van der Waals surface area contributed by atoms with Crippen molar-refractivity contribution in [2.75, 3.05) is 13.2 Å². The zero-order valence-corrected chi connectivity index (χ0v) is 11.4. The number of carbonyl (C=O) groups is 1. The highest BCUT2D eigenvalue weighted by Crippen LogP contribution is 2.12. The first-order chi connectivity index (χ1) is 8.63. The molecule has 100 valence electrons. The predicted octanol–water partition coefficient (Wildman–Crippen LogP) is 3.35. The van der Waals surface area contributed by atoms with Gasteiger partial charge in [0.15, 0.2) is 0 Å². The smallest absolute Gasteiger partial charge is 0.308 e. The number of hydrogen-bond acceptors (Lipinski definition) is 3. The third-order valence-corrected chi connectivity index (χ3v) is 2.81. The third-order valence-electron chi connectivity index (χ3n) is 2.81. The van der Waals surface area contributed by atoms with Gasteiger partial charge >= 0.3 is 5.97 Å². The number of esters is 1. The summed E-state index contributed by atoms with van der Waals surface area (Å²) >= 11 is 0. The van der Waals surface area contributed by atoms with Gasteiger partial charge in [-0.25, -0.2) is 0 Å². The molecular formula is C15H22O3. The molecule has 0 fully saturated rings. The molecule has 1 aromatic rings. The second kappa shape index (κ2) is 7.75. The predicted molar refractivity (Wildman–Crippen MR) is 71.7 cm³/mol. The molecule has 1 aromatic carbocycles. The number of aryl methyl sites for hydroxylation is 1. The Hall–Kier alpha value is -1.51. The van der Waals surface area contributed by atoms with Crippen LogP contribution in [-0.4, -0.2) is 19.2 Å². The van der Waals surface area contributed by atoms with Crippen LogP contribution >= 0.6 is 0 Å². The van der Waals surface area contributed by atoms with Gasteiger partial charge in [-0.1, -0.05) is 26.0 Å². The molecule has 0 aliphatic rings. The van der Waals surface area contributed by atoms with Crippen molar-refractivity contribution in [2.24, 2.45) is 5.92 Å². The van der Waals surface area contributed by atoms with Gasteiger partial charge in [0.05, 0.1) is 19.1 Å². The number of benzene rings is 1. The van der Waals surface area contributed by atoms with Crippen LogP contribution in [-0.2, 0) is 9.53 Å². The molecule has 0 amide bonds. The summed E-state index contributed by atoms with van der Waals surface area (Å²) in [5.41, 5.74) is 1.18. The van der Waals surface area contributed by atoms with E-state index in [0.29, 0.717) is 13.2 Å². The third kappa shape index (κ3) is 5.21. The monoisotopic (exact) mass is 250 g/mol. The first kappa shape index (κ1) is 14.6. The van der Waals surface area contributed by atoms with Crippen LogP contribution in [0, 0.1) is 12.8 Å². The van der Waals surface area contributed by atoms with Crippen LogP contribution in [0.25, 0.3) is 0 Å². The minimum Gasteiger partial charge on any atom is -0.493 e. The zero-order chi connectivity index (χ0) is 13.4. The van der Waals surface area contributed by atoms with Gasteiger partial charge in [-0.05, 0) is 31.0 Å². The Labute approximate surface area is 109 Å². The zero-order valence-electron chi connectivity index (χ0n) is 11.4. The van der Waals surface area contributed by atoms with Crippen molar-refractivity contribution in [1.29, 1.82) is 0 Å². The second-order valence-electron chi connectivity index (χ2n) is 4.50. The van der Waals surface area contributed by atoms with E-state index in [2.05, 4.69) is 0 Å². The first-order valence-corrected chi connectivity index (χ1v) is 6.49. The van der Waals surface area contributed by atoms with Crippen molar-refractivity contribution in [3.63, 3.8) is 0 Å². The average molecular weight is 250 g/mol. The van der Waals surface area contributed by atoms with Crippen LogP contribution in [0.3, 0.4) is 0 Å². The first-order valence-electron chi connectivity index (χ1n) is 6.49. The number of carbonyl (C=O) groups excluding carboxylic acids is 1. The van der Waals surface area contributed by atoms with Gasteiger partial charge in [0, 0.05) is 6.42 Å². The van der Waals surface area contributed by atoms with Crippen LogP contribution in [0.4, 0.5) is 0 Å². The molecule has 0 aliphatic heterocycles. The van der Waals surface area contributed by atoms with Gasteiger partial charge in [0.25, 0.3) is 0 Å². The van der Waals surface area contributed by atoms with E-state index in [1.54, 1.807) is 0 Å². The van der Waals surface area contributed by atoms with Crippen molar-refractivity contribution in [2.45, 2.75) is 33.6 Å². The average Bonchev–Trinajstić information content (AvgIpc) is 2.37. The molecule has 1 rings (SSSR count). The topological polar surface area (TPSA) is 35.5 Å². The molecule has 0 spiro atoms. The van der Waals surface area contributed by atoms with Crippen LogP contribution in [0.5, 0.6) is 5.75 Å². The highest BCUT2D eigenvalue weighted by molar-refractivity contribution is 5.71. The number of ether oxygens (including phenoxy) is 2. The molecule has 0 bridgehead atoms. The molecule has 0 saturated carbocycles. The number of rotatable bonds is 7. The Morgan fingerprint density at radius 3 is 2.78 bits per heavy atom. The van der Waals surface area contributed by atoms with E-state index in [1.807, 2.05) is 45.0 Å². The molecule has 1 unspecified atom stereocenters. The summed E-state index contributed by atoms with van der Waals surface area (Å²) < 4.78 is 10.7. The highest BCUT2D eigenvalue weighted by Gasteiger charge is 2.10. The minimum atomic E-state index is -0.118. The standard InChI is InChI=1S/C15H22O3/c1-4-13(3)15(16)18-10-6-9-17-14-8-5-7-12(2)11-14/h5,7-8,11,13H,4,6,9-10H2,1-3H3. The molecule has 0 radical (unpaired) electrons. The highest BCUT2D eigenvalue weighted by atomic mass is 16.5. The Kier molecular flexibility index (Phi) is 6.26. The van der Waals surface area contributed by atoms with E-state index in [-0.39, 0.29) is 11.9 Å². The van der Waals surface area contributed by atoms with Crippen molar-refractivity contribution in [3.05, 3.63) is 29.8 Å². The van der Waals surface area contributed by atoms with E-state index in [0.717, 1.165) is 18.6 Å². The van der Waals surface area contributed by atoms with Gasteiger partial charge in [-0.15, -0.1) is 0 Å². The van der Waals surface area contributed by atoms with E-state index < -0.39 is 0 Å². The van der Waals surface area contributed by atoms with Crippen LogP contribution in [0.2, 0.25) is 0 Å². The van der Waals surface area contributed by atoms with Gasteiger partial charge in [0.2, 0.25) is 0 Å². The summed E-state index contributed by atoms with van der Waals surface area (Å²) in [5.74, 6) is 0.735. The van der Waals surface area contributed by atoms with Crippen molar-refractivity contribution < 1.29 is 14.3 Å². The van der Waals surface area contributed by atoms with Crippen molar-refractivity contribution >= 4 is 5.97 Å². The molecule has 0 N–H and O–H groups in total. The van der Waals surface area contributed by atoms with Crippen LogP contribution in [0.15, 0.2) is 24.3 Å². The maximum Gasteiger partial charge on any atom is 0.308 e. The summed E-state index contributed by atoms with van der Waals surface area (Å²) in [4.78, 5) is 11.4. The molecule has 0 aliphatic carbocycles. The van der Waals surface area contributed by atoms with Crippen molar-refractivity contribution in [3.8, 4) is 5.75 Å². The Morgan fingerprint density at radius 2 is 2.11 bits per heavy atom. The minimum absolute atomic E-state index is 0.0114. The quantitative estimate of drug-likeness (QED) is 0.550. The van der Waals surface area contributed by atoms with Gasteiger partial charge in [-0.3, -0.25) is 4.79 Å². The van der Waals surface area contributed by atoms with Gasteiger partial charge < -0.3 is 9.47 Å². The van der Waals surface area contributed by atoms with Crippen LogP contribution < -0.4 is 4.74 Å². The van der Waals surface area contributed by atoms with Gasteiger partial charge in [0.1, 0.15) is 5.75 Å². The lowest BCUT2D eigenvalue weighted by molar-refractivity contribution is -0.148. The molecule has 3 heteroatoms. The Balaban J connectivity index is 2.14. The summed E-state index contributed by atoms with van der Waals surface area (Å²) in [5, 5.41) is 0. The van der Waals surface area contributed by atoms with E-state index in [1.165, 1.54) is 5.56 Å². The van der Waals surface area contributed by atoms with Crippen LogP contribution in [0.1, 0.15) is 32.3 Å². The Morgan fingerprint density at radius 1 is 1.33 bits per heavy atom. The van der Waals surface area contributed by atoms with E-state index in [4.69, 9.17) is 9.47 Å². The molecule has 18 heavy (non-hydrogen) atoms. The molecular weight excluding hydrogens is 228 g/mol. The van der Waals surface area contributed by atoms with Gasteiger partial charge in [-0.2, -0.15) is 0 Å². The summed E-state index contributed by atoms with van der Waals surface area (Å²) in [7, 11) is 0. The normalized spacial score (nSPS) is 11.9. The molecule has 1 atom stereocenters. The number of hydrogen-bond donors (Lipinski definition) is 0. The van der Waals surface area contributed by atoms with E-state index >= 15 is 0 Å². The SMILES string of the molecule is CCC(C)C(=O)OCCCOc1cccc(C)c1. The lowest BCUT2D eigenvalue weighted by atomic mass is 10.1. The maximum absolute atomic E-state index is 11.4. The summed E-state index contributed by atoms with van der Waals surface area (Å²) in [6.45, 7) is 6.88.